The monoisotopic (exact) mass is 422 g/mol. The highest BCUT2D eigenvalue weighted by Gasteiger charge is 2.49. The number of aromatic hydroxyl groups is 1. The molecule has 2 aliphatic heterocycles. The molecule has 0 amide bonds. The maximum Gasteiger partial charge on any atom is 0.151 e. The maximum atomic E-state index is 14.8. The van der Waals surface area contributed by atoms with Crippen molar-refractivity contribution in [3.8, 4) is 28.1 Å². The largest absolute Gasteiger partial charge is 0.507 e. The first-order valence-corrected chi connectivity index (χ1v) is 10.6. The number of H-pyrrole nitrogens is 1. The van der Waals surface area contributed by atoms with Crippen LogP contribution in [0.4, 0.5) is 10.2 Å². The number of aromatic nitrogens is 4. The first kappa shape index (κ1) is 19.9. The molecule has 4 heterocycles. The average molecular weight is 423 g/mol. The zero-order chi connectivity index (χ0) is 21.8. The summed E-state index contributed by atoms with van der Waals surface area (Å²) in [4.78, 5) is 2.18. The lowest BCUT2D eigenvalue weighted by Crippen LogP contribution is -2.58. The number of hydrogen-bond acceptors (Lipinski definition) is 6. The Morgan fingerprint density at radius 2 is 1.84 bits per heavy atom. The van der Waals surface area contributed by atoms with Crippen molar-refractivity contribution < 1.29 is 9.50 Å². The molecule has 2 saturated heterocycles. The summed E-state index contributed by atoms with van der Waals surface area (Å²) >= 11 is 0. The Labute approximate surface area is 180 Å². The van der Waals surface area contributed by atoms with Crippen LogP contribution in [0, 0.1) is 5.82 Å². The van der Waals surface area contributed by atoms with Crippen LogP contribution >= 0.6 is 0 Å². The van der Waals surface area contributed by atoms with E-state index in [9.17, 15) is 9.50 Å². The van der Waals surface area contributed by atoms with Crippen molar-refractivity contribution in [2.24, 2.45) is 0 Å². The minimum Gasteiger partial charge on any atom is -0.507 e. The summed E-state index contributed by atoms with van der Waals surface area (Å²) < 4.78 is 14.8. The van der Waals surface area contributed by atoms with Gasteiger partial charge in [-0.1, -0.05) is 0 Å². The van der Waals surface area contributed by atoms with Gasteiger partial charge in [-0.15, -0.1) is 10.2 Å². The SMILES string of the molecule is CN(c1ccc(-c2c(O)cc(-c3cn[nH]c3)cc2F)nn1)[C@H]1C[C@]2(C)CC[C@](C)(C1)N2. The molecule has 5 rings (SSSR count). The van der Waals surface area contributed by atoms with E-state index in [4.69, 9.17) is 0 Å². The number of hydrogen-bond donors (Lipinski definition) is 3. The number of fused-ring (bicyclic) bond motifs is 2. The third-order valence-corrected chi connectivity index (χ3v) is 6.92. The summed E-state index contributed by atoms with van der Waals surface area (Å²) in [7, 11) is 2.05. The number of phenolic OH excluding ortho intramolecular Hbond substituents is 1. The van der Waals surface area contributed by atoms with E-state index in [1.807, 2.05) is 13.1 Å². The van der Waals surface area contributed by atoms with Gasteiger partial charge in [0.2, 0.25) is 0 Å². The Hall–Kier alpha value is -3.00. The fraction of sp³-hybridized carbons (Fsp3) is 0.435. The predicted molar refractivity (Wildman–Crippen MR) is 117 cm³/mol. The molecule has 3 atom stereocenters. The van der Waals surface area contributed by atoms with E-state index >= 15 is 0 Å². The molecule has 162 valence electrons. The first-order chi connectivity index (χ1) is 14.8. The number of nitrogens with zero attached hydrogens (tertiary/aromatic N) is 4. The summed E-state index contributed by atoms with van der Waals surface area (Å²) in [5, 5.41) is 29.4. The van der Waals surface area contributed by atoms with Gasteiger partial charge in [0.25, 0.3) is 0 Å². The fourth-order valence-electron chi connectivity index (χ4n) is 5.35. The lowest BCUT2D eigenvalue weighted by molar-refractivity contribution is 0.207. The number of benzene rings is 1. The van der Waals surface area contributed by atoms with Gasteiger partial charge >= 0.3 is 0 Å². The molecule has 2 aliphatic rings. The molecule has 2 bridgehead atoms. The van der Waals surface area contributed by atoms with Crippen LogP contribution in [-0.2, 0) is 0 Å². The van der Waals surface area contributed by atoms with Crippen LogP contribution in [0.3, 0.4) is 0 Å². The predicted octanol–water partition coefficient (Wildman–Crippen LogP) is 3.88. The van der Waals surface area contributed by atoms with Gasteiger partial charge in [-0.25, -0.2) is 4.39 Å². The van der Waals surface area contributed by atoms with E-state index < -0.39 is 5.82 Å². The maximum absolute atomic E-state index is 14.8. The molecule has 8 heteroatoms. The summed E-state index contributed by atoms with van der Waals surface area (Å²) in [5.74, 6) is 0.0157. The molecule has 3 aromatic rings. The minimum absolute atomic E-state index is 0.0499. The van der Waals surface area contributed by atoms with Crippen molar-refractivity contribution in [3.05, 3.63) is 42.5 Å². The number of rotatable bonds is 4. The smallest absolute Gasteiger partial charge is 0.151 e. The van der Waals surface area contributed by atoms with Gasteiger partial charge in [0.05, 0.1) is 17.5 Å². The number of nitrogens with one attached hydrogen (secondary N) is 2. The Kier molecular flexibility index (Phi) is 4.51. The van der Waals surface area contributed by atoms with E-state index in [2.05, 4.69) is 44.5 Å². The van der Waals surface area contributed by atoms with Crippen LogP contribution in [0.5, 0.6) is 5.75 Å². The summed E-state index contributed by atoms with van der Waals surface area (Å²) in [6, 6.07) is 6.80. The highest BCUT2D eigenvalue weighted by atomic mass is 19.1. The lowest BCUT2D eigenvalue weighted by Gasteiger charge is -2.45. The molecule has 3 N–H and O–H groups in total. The van der Waals surface area contributed by atoms with Crippen LogP contribution < -0.4 is 10.2 Å². The van der Waals surface area contributed by atoms with E-state index in [0.29, 0.717) is 22.9 Å². The number of halogens is 1. The van der Waals surface area contributed by atoms with Crippen molar-refractivity contribution in [3.63, 3.8) is 0 Å². The van der Waals surface area contributed by atoms with E-state index in [-0.39, 0.29) is 22.4 Å². The van der Waals surface area contributed by atoms with Gasteiger partial charge in [-0.2, -0.15) is 5.10 Å². The zero-order valence-electron chi connectivity index (χ0n) is 18.0. The van der Waals surface area contributed by atoms with Crippen LogP contribution in [0.15, 0.2) is 36.7 Å². The van der Waals surface area contributed by atoms with Gasteiger partial charge in [-0.3, -0.25) is 5.10 Å². The minimum atomic E-state index is -0.553. The molecule has 31 heavy (non-hydrogen) atoms. The van der Waals surface area contributed by atoms with Crippen LogP contribution in [0.1, 0.15) is 39.5 Å². The highest BCUT2D eigenvalue weighted by molar-refractivity contribution is 5.74. The molecule has 2 fully saturated rings. The Balaban J connectivity index is 1.39. The second-order valence-corrected chi connectivity index (χ2v) is 9.54. The first-order valence-electron chi connectivity index (χ1n) is 10.6. The summed E-state index contributed by atoms with van der Waals surface area (Å²) in [6.45, 7) is 4.59. The third-order valence-electron chi connectivity index (χ3n) is 6.92. The number of anilines is 1. The number of phenols is 1. The van der Waals surface area contributed by atoms with Crippen molar-refractivity contribution in [2.75, 3.05) is 11.9 Å². The zero-order valence-corrected chi connectivity index (χ0v) is 18.0. The summed E-state index contributed by atoms with van der Waals surface area (Å²) in [5.41, 5.74) is 1.90. The molecule has 0 spiro atoms. The fourth-order valence-corrected chi connectivity index (χ4v) is 5.35. The van der Waals surface area contributed by atoms with Gasteiger partial charge in [0, 0.05) is 35.9 Å². The highest BCUT2D eigenvalue weighted by Crippen LogP contribution is 2.44. The van der Waals surface area contributed by atoms with Crippen LogP contribution in [0.25, 0.3) is 22.4 Å². The number of aromatic amines is 1. The van der Waals surface area contributed by atoms with Crippen molar-refractivity contribution in [1.29, 1.82) is 0 Å². The second kappa shape index (κ2) is 7.02. The van der Waals surface area contributed by atoms with Gasteiger partial charge in [-0.05, 0) is 69.4 Å². The standard InChI is InChI=1S/C23H27FN6O/c1-22-6-7-23(2,29-22)11-16(10-22)30(3)20-5-4-18(27-28-20)21-17(24)8-14(9-19(21)31)15-12-25-26-13-15/h4-5,8-9,12-13,16,29,31H,6-7,10-11H2,1-3H3,(H,25,26)/t16-,22-,23+. The summed E-state index contributed by atoms with van der Waals surface area (Å²) in [6.07, 6.45) is 7.69. The number of piperidine rings is 1. The Bertz CT molecular complexity index is 1060. The third kappa shape index (κ3) is 3.54. The molecule has 7 nitrogen and oxygen atoms in total. The quantitative estimate of drug-likeness (QED) is 0.591. The molecule has 0 radical (unpaired) electrons. The van der Waals surface area contributed by atoms with Gasteiger partial charge in [0.1, 0.15) is 11.6 Å². The molecule has 2 aromatic heterocycles. The van der Waals surface area contributed by atoms with Gasteiger partial charge in [0.15, 0.2) is 5.82 Å². The molecular weight excluding hydrogens is 395 g/mol. The van der Waals surface area contributed by atoms with E-state index in [1.165, 1.54) is 25.0 Å². The molecule has 1 aromatic carbocycles. The molecule has 0 saturated carbocycles. The van der Waals surface area contributed by atoms with Crippen molar-refractivity contribution in [1.82, 2.24) is 25.7 Å². The molecule has 0 aliphatic carbocycles. The Morgan fingerprint density at radius 3 is 2.42 bits per heavy atom. The average Bonchev–Trinajstić information content (AvgIpc) is 3.33. The Morgan fingerprint density at radius 1 is 1.10 bits per heavy atom. The molecule has 0 unspecified atom stereocenters. The van der Waals surface area contributed by atoms with Crippen LogP contribution in [-0.4, -0.2) is 49.7 Å². The van der Waals surface area contributed by atoms with E-state index in [1.54, 1.807) is 18.5 Å². The van der Waals surface area contributed by atoms with Crippen molar-refractivity contribution >= 4 is 5.82 Å². The topological polar surface area (TPSA) is 90.0 Å². The molecular formula is C23H27FN6O. The second-order valence-electron chi connectivity index (χ2n) is 9.54. The van der Waals surface area contributed by atoms with E-state index in [0.717, 1.165) is 18.7 Å². The van der Waals surface area contributed by atoms with Crippen molar-refractivity contribution in [2.45, 2.75) is 56.7 Å². The van der Waals surface area contributed by atoms with Crippen LogP contribution in [0.2, 0.25) is 0 Å². The lowest BCUT2D eigenvalue weighted by atomic mass is 9.84. The van der Waals surface area contributed by atoms with Gasteiger partial charge < -0.3 is 15.3 Å². The normalized spacial score (nSPS) is 27.4.